The second-order valence-corrected chi connectivity index (χ2v) is 4.52. The summed E-state index contributed by atoms with van der Waals surface area (Å²) in [5.41, 5.74) is 1.49. The standard InChI is InChI=1S/C15H16O/c1-2-7-13(8-3-1)16-15-11-10-12-6-4-5-9-14(12)15/h1-5,7-9,12,15H,6,10-11H2. The highest BCUT2D eigenvalue weighted by atomic mass is 16.5. The molecule has 0 heterocycles. The van der Waals surface area contributed by atoms with E-state index in [0.717, 1.165) is 18.1 Å². The van der Waals surface area contributed by atoms with Crippen molar-refractivity contribution in [3.05, 3.63) is 54.1 Å². The van der Waals surface area contributed by atoms with Gasteiger partial charge in [-0.3, -0.25) is 0 Å². The molecule has 1 aromatic rings. The van der Waals surface area contributed by atoms with Crippen LogP contribution in [0.3, 0.4) is 0 Å². The van der Waals surface area contributed by atoms with Gasteiger partial charge in [0.2, 0.25) is 0 Å². The van der Waals surface area contributed by atoms with E-state index in [1.54, 1.807) is 0 Å². The predicted octanol–water partition coefficient (Wildman–Crippen LogP) is 3.73. The lowest BCUT2D eigenvalue weighted by Crippen LogP contribution is -2.16. The molecule has 0 aromatic heterocycles. The molecule has 2 aliphatic carbocycles. The maximum atomic E-state index is 6.04. The van der Waals surface area contributed by atoms with E-state index in [9.17, 15) is 0 Å². The lowest BCUT2D eigenvalue weighted by molar-refractivity contribution is 0.243. The summed E-state index contributed by atoms with van der Waals surface area (Å²) in [5, 5.41) is 0. The summed E-state index contributed by atoms with van der Waals surface area (Å²) in [4.78, 5) is 0. The molecule has 2 unspecified atom stereocenters. The first-order valence-electron chi connectivity index (χ1n) is 6.02. The van der Waals surface area contributed by atoms with Crippen LogP contribution in [0.5, 0.6) is 5.75 Å². The SMILES string of the molecule is C1=CCC2CCC(Oc3ccccc3)C2=C1. The monoisotopic (exact) mass is 212 g/mol. The molecular weight excluding hydrogens is 196 g/mol. The molecule has 16 heavy (non-hydrogen) atoms. The Labute approximate surface area is 96.4 Å². The molecule has 3 rings (SSSR count). The maximum Gasteiger partial charge on any atom is 0.120 e. The number of benzene rings is 1. The predicted molar refractivity (Wildman–Crippen MR) is 65.4 cm³/mol. The lowest BCUT2D eigenvalue weighted by Gasteiger charge is -2.19. The van der Waals surface area contributed by atoms with E-state index in [1.807, 2.05) is 30.3 Å². The van der Waals surface area contributed by atoms with Crippen molar-refractivity contribution in [3.63, 3.8) is 0 Å². The summed E-state index contributed by atoms with van der Waals surface area (Å²) < 4.78 is 6.04. The molecule has 0 N–H and O–H groups in total. The van der Waals surface area contributed by atoms with E-state index in [1.165, 1.54) is 18.4 Å². The fraction of sp³-hybridized carbons (Fsp3) is 0.333. The van der Waals surface area contributed by atoms with Crippen LogP contribution < -0.4 is 4.74 Å². The molecular formula is C15H16O. The summed E-state index contributed by atoms with van der Waals surface area (Å²) >= 11 is 0. The van der Waals surface area contributed by atoms with Gasteiger partial charge in [-0.15, -0.1) is 0 Å². The average Bonchev–Trinajstić information content (AvgIpc) is 2.74. The number of ether oxygens (including phenoxy) is 1. The number of hydrogen-bond donors (Lipinski definition) is 0. The van der Waals surface area contributed by atoms with Crippen molar-refractivity contribution in [2.45, 2.75) is 25.4 Å². The molecule has 2 aliphatic rings. The number of hydrogen-bond acceptors (Lipinski definition) is 1. The number of allylic oxidation sites excluding steroid dienone is 3. The molecule has 0 radical (unpaired) electrons. The van der Waals surface area contributed by atoms with Gasteiger partial charge in [0.15, 0.2) is 0 Å². The van der Waals surface area contributed by atoms with Gasteiger partial charge < -0.3 is 4.74 Å². The maximum absolute atomic E-state index is 6.04. The van der Waals surface area contributed by atoms with E-state index < -0.39 is 0 Å². The highest BCUT2D eigenvalue weighted by molar-refractivity contribution is 5.30. The Hall–Kier alpha value is -1.50. The van der Waals surface area contributed by atoms with Crippen LogP contribution in [0.25, 0.3) is 0 Å². The first kappa shape index (κ1) is 9.71. The number of rotatable bonds is 2. The highest BCUT2D eigenvalue weighted by Gasteiger charge is 2.31. The molecule has 0 aliphatic heterocycles. The van der Waals surface area contributed by atoms with Crippen LogP contribution in [0.2, 0.25) is 0 Å². The van der Waals surface area contributed by atoms with Gasteiger partial charge in [0, 0.05) is 0 Å². The second kappa shape index (κ2) is 4.17. The number of fused-ring (bicyclic) bond motifs is 1. The van der Waals surface area contributed by atoms with E-state index in [-0.39, 0.29) is 0 Å². The van der Waals surface area contributed by atoms with E-state index in [0.29, 0.717) is 6.10 Å². The van der Waals surface area contributed by atoms with Gasteiger partial charge in [-0.2, -0.15) is 0 Å². The summed E-state index contributed by atoms with van der Waals surface area (Å²) in [6.07, 6.45) is 10.6. The third kappa shape index (κ3) is 1.78. The summed E-state index contributed by atoms with van der Waals surface area (Å²) in [6.45, 7) is 0. The average molecular weight is 212 g/mol. The fourth-order valence-corrected chi connectivity index (χ4v) is 2.66. The second-order valence-electron chi connectivity index (χ2n) is 4.52. The van der Waals surface area contributed by atoms with Gasteiger partial charge in [-0.05, 0) is 42.9 Å². The summed E-state index contributed by atoms with van der Waals surface area (Å²) in [6, 6.07) is 10.1. The molecule has 1 aromatic carbocycles. The minimum Gasteiger partial charge on any atom is -0.486 e. The van der Waals surface area contributed by atoms with Crippen molar-refractivity contribution >= 4 is 0 Å². The van der Waals surface area contributed by atoms with Crippen molar-refractivity contribution in [1.29, 1.82) is 0 Å². The molecule has 1 saturated carbocycles. The highest BCUT2D eigenvalue weighted by Crippen LogP contribution is 2.38. The van der Waals surface area contributed by atoms with Crippen LogP contribution in [0.4, 0.5) is 0 Å². The summed E-state index contributed by atoms with van der Waals surface area (Å²) in [7, 11) is 0. The third-order valence-electron chi connectivity index (χ3n) is 3.49. The Morgan fingerprint density at radius 3 is 2.81 bits per heavy atom. The first-order valence-corrected chi connectivity index (χ1v) is 6.02. The molecule has 1 fully saturated rings. The molecule has 0 bridgehead atoms. The van der Waals surface area contributed by atoms with Crippen molar-refractivity contribution < 1.29 is 4.74 Å². The smallest absolute Gasteiger partial charge is 0.120 e. The number of para-hydroxylation sites is 1. The summed E-state index contributed by atoms with van der Waals surface area (Å²) in [5.74, 6) is 1.72. The molecule has 0 spiro atoms. The van der Waals surface area contributed by atoms with E-state index in [2.05, 4.69) is 18.2 Å². The minimum atomic E-state index is 0.303. The fourth-order valence-electron chi connectivity index (χ4n) is 2.66. The molecule has 2 atom stereocenters. The van der Waals surface area contributed by atoms with Gasteiger partial charge in [-0.1, -0.05) is 36.4 Å². The Kier molecular flexibility index (Phi) is 2.53. The molecule has 1 heteroatoms. The zero-order valence-electron chi connectivity index (χ0n) is 9.30. The van der Waals surface area contributed by atoms with Gasteiger partial charge >= 0.3 is 0 Å². The van der Waals surface area contributed by atoms with Crippen LogP contribution in [-0.4, -0.2) is 6.10 Å². The Morgan fingerprint density at radius 2 is 1.94 bits per heavy atom. The van der Waals surface area contributed by atoms with Gasteiger partial charge in [0.25, 0.3) is 0 Å². The van der Waals surface area contributed by atoms with Crippen LogP contribution in [0, 0.1) is 5.92 Å². The van der Waals surface area contributed by atoms with Crippen molar-refractivity contribution in [2.24, 2.45) is 5.92 Å². The first-order chi connectivity index (χ1) is 7.93. The van der Waals surface area contributed by atoms with Crippen molar-refractivity contribution in [3.8, 4) is 5.75 Å². The van der Waals surface area contributed by atoms with Gasteiger partial charge in [0.05, 0.1) is 0 Å². The van der Waals surface area contributed by atoms with Gasteiger partial charge in [-0.25, -0.2) is 0 Å². The minimum absolute atomic E-state index is 0.303. The Morgan fingerprint density at radius 1 is 1.06 bits per heavy atom. The van der Waals surface area contributed by atoms with E-state index >= 15 is 0 Å². The normalized spacial score (nSPS) is 27.4. The quantitative estimate of drug-likeness (QED) is 0.725. The lowest BCUT2D eigenvalue weighted by atomic mass is 9.94. The Balaban J connectivity index is 1.77. The van der Waals surface area contributed by atoms with Crippen LogP contribution in [0.15, 0.2) is 54.1 Å². The zero-order valence-corrected chi connectivity index (χ0v) is 9.30. The van der Waals surface area contributed by atoms with Crippen LogP contribution in [0.1, 0.15) is 19.3 Å². The molecule has 0 saturated heterocycles. The van der Waals surface area contributed by atoms with Crippen molar-refractivity contribution in [1.82, 2.24) is 0 Å². The largest absolute Gasteiger partial charge is 0.486 e. The zero-order chi connectivity index (χ0) is 10.8. The molecule has 0 amide bonds. The Bertz CT molecular complexity index is 416. The van der Waals surface area contributed by atoms with Crippen LogP contribution >= 0.6 is 0 Å². The third-order valence-corrected chi connectivity index (χ3v) is 3.49. The molecule has 82 valence electrons. The topological polar surface area (TPSA) is 9.23 Å². The van der Waals surface area contributed by atoms with Crippen molar-refractivity contribution in [2.75, 3.05) is 0 Å². The van der Waals surface area contributed by atoms with Gasteiger partial charge in [0.1, 0.15) is 11.9 Å². The molecule has 1 nitrogen and oxygen atoms in total. The van der Waals surface area contributed by atoms with E-state index in [4.69, 9.17) is 4.74 Å². The van der Waals surface area contributed by atoms with Crippen LogP contribution in [-0.2, 0) is 0 Å².